The lowest BCUT2D eigenvalue weighted by atomic mass is 9.98. The fraction of sp³-hybridized carbons (Fsp3) is 0.395. The van der Waals surface area contributed by atoms with Crippen LogP contribution in [0.15, 0.2) is 97.1 Å². The second-order valence-corrected chi connectivity index (χ2v) is 13.0. The van der Waals surface area contributed by atoms with Gasteiger partial charge in [-0.25, -0.2) is 5.01 Å². The Hall–Kier alpha value is -4.27. The maximum atomic E-state index is 14.4. The summed E-state index contributed by atoms with van der Waals surface area (Å²) in [6.45, 7) is 5.36. The van der Waals surface area contributed by atoms with E-state index in [1.807, 2.05) is 91.7 Å². The van der Waals surface area contributed by atoms with Crippen molar-refractivity contribution in [3.8, 4) is 11.1 Å². The van der Waals surface area contributed by atoms with Crippen LogP contribution in [0.25, 0.3) is 11.1 Å². The first kappa shape index (κ1) is 34.6. The summed E-state index contributed by atoms with van der Waals surface area (Å²) in [4.78, 5) is 44.7. The minimum atomic E-state index is -0.836. The number of hydrogen-bond acceptors (Lipinski definition) is 5. The van der Waals surface area contributed by atoms with Gasteiger partial charge in [-0.2, -0.15) is 0 Å². The topological polar surface area (TPSA) is 99.0 Å². The van der Waals surface area contributed by atoms with E-state index in [0.29, 0.717) is 19.3 Å². The van der Waals surface area contributed by atoms with Crippen molar-refractivity contribution in [2.75, 3.05) is 27.2 Å². The summed E-state index contributed by atoms with van der Waals surface area (Å²) in [6, 6.07) is 26.3. The third-order valence-electron chi connectivity index (χ3n) is 8.51. The maximum absolute atomic E-state index is 14.4. The van der Waals surface area contributed by atoms with Gasteiger partial charge in [0.15, 0.2) is 0 Å². The molecular weight excluding hydrogens is 574 g/mol. The first-order chi connectivity index (χ1) is 22.0. The first-order valence-electron chi connectivity index (χ1n) is 16.2. The van der Waals surface area contributed by atoms with Gasteiger partial charge in [0.2, 0.25) is 11.8 Å². The Morgan fingerprint density at radius 3 is 1.93 bits per heavy atom. The molecule has 0 bridgehead atoms. The fourth-order valence-corrected chi connectivity index (χ4v) is 5.68. The highest BCUT2D eigenvalue weighted by Crippen LogP contribution is 2.22. The number of rotatable bonds is 13. The summed E-state index contributed by atoms with van der Waals surface area (Å²) < 4.78 is 0. The minimum Gasteiger partial charge on any atom is -0.332 e. The van der Waals surface area contributed by atoms with Crippen LogP contribution in [0.1, 0.15) is 50.7 Å². The Morgan fingerprint density at radius 1 is 0.783 bits per heavy atom. The van der Waals surface area contributed by atoms with Gasteiger partial charge < -0.3 is 15.5 Å². The number of benzene rings is 3. The number of nitrogens with one attached hydrogen (secondary N) is 1. The molecule has 1 fully saturated rings. The molecule has 0 aliphatic carbocycles. The van der Waals surface area contributed by atoms with Gasteiger partial charge in [0.25, 0.3) is 5.91 Å². The standard InChI is InChI=1S/C38H49N5O3/c1-38(2,39)24-14-19-35(44)41(3)34(28-30-20-22-32(23-21-30)31-17-10-6-11-18-31)37(46)42(4)33(27-29-15-8-5-9-16-29)36(45)40-43-25-12-7-13-26-43/h5-6,8-11,14-23,33-34H,7,12-13,24-28,39H2,1-4H3,(H,40,45)/b19-14+. The first-order valence-corrected chi connectivity index (χ1v) is 16.2. The molecule has 0 aromatic heterocycles. The van der Waals surface area contributed by atoms with Crippen LogP contribution in [0.2, 0.25) is 0 Å². The molecule has 3 aromatic rings. The van der Waals surface area contributed by atoms with Crippen molar-refractivity contribution in [1.82, 2.24) is 20.2 Å². The average Bonchev–Trinajstić information content (AvgIpc) is 3.06. The smallest absolute Gasteiger partial charge is 0.257 e. The molecule has 0 saturated carbocycles. The summed E-state index contributed by atoms with van der Waals surface area (Å²) in [5.41, 5.74) is 12.8. The summed E-state index contributed by atoms with van der Waals surface area (Å²) in [7, 11) is 3.32. The van der Waals surface area contributed by atoms with Gasteiger partial charge in [-0.05, 0) is 61.4 Å². The molecule has 8 heteroatoms. The summed E-state index contributed by atoms with van der Waals surface area (Å²) in [5, 5.41) is 1.95. The number of nitrogens with two attached hydrogens (primary N) is 1. The van der Waals surface area contributed by atoms with Crippen LogP contribution in [-0.2, 0) is 27.2 Å². The SMILES string of the molecule is CN(C(=O)/C=C/CC(C)(C)N)C(Cc1ccc(-c2ccccc2)cc1)C(=O)N(C)C(Cc1ccccc1)C(=O)NN1CCCCC1. The van der Waals surface area contributed by atoms with E-state index < -0.39 is 17.6 Å². The number of carbonyl (C=O) groups is 3. The van der Waals surface area contributed by atoms with E-state index in [-0.39, 0.29) is 17.7 Å². The van der Waals surface area contributed by atoms with Crippen molar-refractivity contribution in [3.05, 3.63) is 108 Å². The molecule has 3 aromatic carbocycles. The number of amides is 3. The van der Waals surface area contributed by atoms with Gasteiger partial charge in [-0.3, -0.25) is 19.8 Å². The third-order valence-corrected chi connectivity index (χ3v) is 8.51. The van der Waals surface area contributed by atoms with Crippen LogP contribution >= 0.6 is 0 Å². The van der Waals surface area contributed by atoms with E-state index in [1.54, 1.807) is 20.2 Å². The van der Waals surface area contributed by atoms with Crippen molar-refractivity contribution in [3.63, 3.8) is 0 Å². The van der Waals surface area contributed by atoms with Gasteiger partial charge in [0.1, 0.15) is 12.1 Å². The summed E-state index contributed by atoms with van der Waals surface area (Å²) >= 11 is 0. The highest BCUT2D eigenvalue weighted by atomic mass is 16.2. The number of nitrogens with zero attached hydrogens (tertiary/aromatic N) is 3. The molecule has 4 rings (SSSR count). The van der Waals surface area contributed by atoms with E-state index >= 15 is 0 Å². The average molecular weight is 624 g/mol. The van der Waals surface area contributed by atoms with E-state index in [4.69, 9.17) is 5.73 Å². The molecule has 1 heterocycles. The zero-order chi connectivity index (χ0) is 33.1. The lowest BCUT2D eigenvalue weighted by Gasteiger charge is -2.36. The number of hydrogen-bond donors (Lipinski definition) is 2. The minimum absolute atomic E-state index is 0.230. The number of piperidine rings is 1. The maximum Gasteiger partial charge on any atom is 0.257 e. The molecule has 0 spiro atoms. The Morgan fingerprint density at radius 2 is 1.33 bits per heavy atom. The zero-order valence-corrected chi connectivity index (χ0v) is 27.7. The zero-order valence-electron chi connectivity index (χ0n) is 27.7. The Balaban J connectivity index is 1.61. The van der Waals surface area contributed by atoms with Crippen LogP contribution in [0, 0.1) is 0 Å². The lowest BCUT2D eigenvalue weighted by Crippen LogP contribution is -2.58. The second kappa shape index (κ2) is 16.3. The predicted molar refractivity (Wildman–Crippen MR) is 184 cm³/mol. The van der Waals surface area contributed by atoms with Crippen LogP contribution in [0.3, 0.4) is 0 Å². The number of hydrazine groups is 1. The lowest BCUT2D eigenvalue weighted by molar-refractivity contribution is -0.147. The number of likely N-dealkylation sites (N-methyl/N-ethyl adjacent to an activating group) is 2. The molecular formula is C38H49N5O3. The highest BCUT2D eigenvalue weighted by Gasteiger charge is 2.35. The molecule has 244 valence electrons. The van der Waals surface area contributed by atoms with E-state index in [2.05, 4.69) is 17.6 Å². The molecule has 3 N–H and O–H groups in total. The summed E-state index contributed by atoms with van der Waals surface area (Å²) in [6.07, 6.45) is 7.58. The van der Waals surface area contributed by atoms with Gasteiger partial charge >= 0.3 is 0 Å². The Labute approximate surface area is 274 Å². The molecule has 2 atom stereocenters. The van der Waals surface area contributed by atoms with Crippen molar-refractivity contribution >= 4 is 17.7 Å². The van der Waals surface area contributed by atoms with Crippen molar-refractivity contribution in [2.24, 2.45) is 5.73 Å². The second-order valence-electron chi connectivity index (χ2n) is 13.0. The quantitative estimate of drug-likeness (QED) is 0.262. The van der Waals surface area contributed by atoms with Crippen molar-refractivity contribution in [1.29, 1.82) is 0 Å². The monoisotopic (exact) mass is 623 g/mol. The van der Waals surface area contributed by atoms with Crippen molar-refractivity contribution < 1.29 is 14.4 Å². The van der Waals surface area contributed by atoms with Crippen LogP contribution < -0.4 is 11.2 Å². The molecule has 1 aliphatic heterocycles. The van der Waals surface area contributed by atoms with Crippen LogP contribution in [0.4, 0.5) is 0 Å². The van der Waals surface area contributed by atoms with Gasteiger partial charge in [-0.1, -0.05) is 97.4 Å². The normalized spacial score (nSPS) is 15.2. The van der Waals surface area contributed by atoms with Crippen molar-refractivity contribution in [2.45, 2.75) is 70.0 Å². The molecule has 1 aliphatic rings. The molecule has 1 saturated heterocycles. The Bertz CT molecular complexity index is 1450. The molecule has 0 radical (unpaired) electrons. The van der Waals surface area contributed by atoms with Crippen LogP contribution in [0.5, 0.6) is 0 Å². The van der Waals surface area contributed by atoms with E-state index in [1.165, 1.54) is 15.9 Å². The summed E-state index contributed by atoms with van der Waals surface area (Å²) in [5.74, 6) is -0.828. The molecule has 46 heavy (non-hydrogen) atoms. The van der Waals surface area contributed by atoms with Gasteiger partial charge in [0, 0.05) is 45.6 Å². The highest BCUT2D eigenvalue weighted by molar-refractivity contribution is 5.95. The molecule has 3 amide bonds. The number of carbonyl (C=O) groups excluding carboxylic acids is 3. The fourth-order valence-electron chi connectivity index (χ4n) is 5.68. The third kappa shape index (κ3) is 10.1. The molecule has 8 nitrogen and oxygen atoms in total. The van der Waals surface area contributed by atoms with E-state index in [0.717, 1.165) is 54.6 Å². The van der Waals surface area contributed by atoms with E-state index in [9.17, 15) is 14.4 Å². The van der Waals surface area contributed by atoms with Gasteiger partial charge in [0.05, 0.1) is 0 Å². The van der Waals surface area contributed by atoms with Crippen LogP contribution in [-0.4, -0.2) is 77.3 Å². The Kier molecular flexibility index (Phi) is 12.3. The largest absolute Gasteiger partial charge is 0.332 e. The van der Waals surface area contributed by atoms with Gasteiger partial charge in [-0.15, -0.1) is 0 Å². The predicted octanol–water partition coefficient (Wildman–Crippen LogP) is 4.99. The molecule has 2 unspecified atom stereocenters.